The van der Waals surface area contributed by atoms with Crippen LogP contribution in [0, 0.1) is 0 Å². The first-order valence-electron chi connectivity index (χ1n) is 7.84. The Hall–Kier alpha value is -2.88. The Labute approximate surface area is 170 Å². The number of thiophene rings is 1. The molecule has 0 unspecified atom stereocenters. The van der Waals surface area contributed by atoms with Crippen LogP contribution in [0.1, 0.15) is 15.9 Å². The number of hydrazone groups is 1. The number of rotatable bonds is 6. The van der Waals surface area contributed by atoms with Gasteiger partial charge >= 0.3 is 0 Å². The van der Waals surface area contributed by atoms with Crippen molar-refractivity contribution in [3.63, 3.8) is 0 Å². The first-order chi connectivity index (χ1) is 13.4. The van der Waals surface area contributed by atoms with E-state index in [9.17, 15) is 18.3 Å². The quantitative estimate of drug-likeness (QED) is 0.405. The van der Waals surface area contributed by atoms with Gasteiger partial charge in [0.1, 0.15) is 9.96 Å². The van der Waals surface area contributed by atoms with E-state index in [0.717, 1.165) is 11.3 Å². The van der Waals surface area contributed by atoms with Crippen LogP contribution in [-0.2, 0) is 10.0 Å². The van der Waals surface area contributed by atoms with Gasteiger partial charge in [-0.15, -0.1) is 11.3 Å². The van der Waals surface area contributed by atoms with E-state index in [4.69, 9.17) is 11.6 Å². The molecule has 0 saturated carbocycles. The SMILES string of the molecule is O=C(NN=Cc1cc(Cl)ccc1O)c1ccccc1NS(=O)(=O)c1cccs1. The lowest BCUT2D eigenvalue weighted by Gasteiger charge is -2.10. The third-order valence-electron chi connectivity index (χ3n) is 3.54. The normalized spacial score (nSPS) is 11.5. The Morgan fingerprint density at radius 3 is 2.68 bits per heavy atom. The molecule has 3 N–H and O–H groups in total. The van der Waals surface area contributed by atoms with Crippen LogP contribution in [0.5, 0.6) is 5.75 Å². The molecule has 0 spiro atoms. The van der Waals surface area contributed by atoms with Gasteiger partial charge in [0.15, 0.2) is 0 Å². The Morgan fingerprint density at radius 2 is 1.93 bits per heavy atom. The van der Waals surface area contributed by atoms with Gasteiger partial charge in [0, 0.05) is 10.6 Å². The summed E-state index contributed by atoms with van der Waals surface area (Å²) >= 11 is 6.92. The monoisotopic (exact) mass is 435 g/mol. The predicted octanol–water partition coefficient (Wildman–Crippen LogP) is 3.67. The van der Waals surface area contributed by atoms with Crippen LogP contribution in [-0.4, -0.2) is 25.6 Å². The van der Waals surface area contributed by atoms with Gasteiger partial charge in [-0.25, -0.2) is 13.8 Å². The van der Waals surface area contributed by atoms with E-state index in [0.29, 0.717) is 10.6 Å². The molecule has 2 aromatic carbocycles. The van der Waals surface area contributed by atoms with Crippen LogP contribution in [0.25, 0.3) is 0 Å². The first kappa shape index (κ1) is 19.9. The van der Waals surface area contributed by atoms with Crippen LogP contribution < -0.4 is 10.1 Å². The van der Waals surface area contributed by atoms with Crippen molar-refractivity contribution in [1.29, 1.82) is 0 Å². The average Bonchev–Trinajstić information content (AvgIpc) is 3.20. The van der Waals surface area contributed by atoms with E-state index in [1.807, 2.05) is 0 Å². The van der Waals surface area contributed by atoms with Crippen molar-refractivity contribution in [3.8, 4) is 5.75 Å². The number of benzene rings is 2. The second-order valence-electron chi connectivity index (χ2n) is 5.49. The van der Waals surface area contributed by atoms with Gasteiger partial charge in [-0.1, -0.05) is 29.8 Å². The lowest BCUT2D eigenvalue weighted by Crippen LogP contribution is -2.21. The number of halogens is 1. The lowest BCUT2D eigenvalue weighted by atomic mass is 10.2. The van der Waals surface area contributed by atoms with Gasteiger partial charge in [0.25, 0.3) is 15.9 Å². The van der Waals surface area contributed by atoms with Crippen molar-refractivity contribution in [1.82, 2.24) is 5.43 Å². The molecule has 3 aromatic rings. The topological polar surface area (TPSA) is 108 Å². The Bertz CT molecular complexity index is 1130. The fourth-order valence-corrected chi connectivity index (χ4v) is 4.48. The number of hydrogen-bond acceptors (Lipinski definition) is 6. The van der Waals surface area contributed by atoms with E-state index in [1.54, 1.807) is 23.6 Å². The summed E-state index contributed by atoms with van der Waals surface area (Å²) in [5, 5.41) is 15.6. The number of nitrogens with zero attached hydrogens (tertiary/aromatic N) is 1. The highest BCUT2D eigenvalue weighted by Gasteiger charge is 2.19. The number of phenols is 1. The number of aromatic hydroxyl groups is 1. The molecule has 1 amide bonds. The smallest absolute Gasteiger partial charge is 0.273 e. The number of anilines is 1. The first-order valence-corrected chi connectivity index (χ1v) is 10.6. The molecule has 7 nitrogen and oxygen atoms in total. The zero-order valence-corrected chi connectivity index (χ0v) is 16.6. The van der Waals surface area contributed by atoms with Crippen molar-refractivity contribution < 1.29 is 18.3 Å². The Morgan fingerprint density at radius 1 is 1.14 bits per heavy atom. The summed E-state index contributed by atoms with van der Waals surface area (Å²) in [6, 6.07) is 13.6. The summed E-state index contributed by atoms with van der Waals surface area (Å²) in [5.74, 6) is -0.672. The number of sulfonamides is 1. The molecule has 28 heavy (non-hydrogen) atoms. The molecule has 144 valence electrons. The third kappa shape index (κ3) is 4.69. The molecule has 1 aromatic heterocycles. The minimum absolute atomic E-state index is 0.0495. The van der Waals surface area contributed by atoms with Gasteiger partial charge < -0.3 is 5.11 Å². The second kappa shape index (κ2) is 8.42. The Kier molecular flexibility index (Phi) is 5.98. The molecule has 0 bridgehead atoms. The van der Waals surface area contributed by atoms with E-state index in [2.05, 4.69) is 15.2 Å². The lowest BCUT2D eigenvalue weighted by molar-refractivity contribution is 0.0956. The highest BCUT2D eigenvalue weighted by Crippen LogP contribution is 2.23. The van der Waals surface area contributed by atoms with Crippen molar-refractivity contribution in [3.05, 3.63) is 76.1 Å². The van der Waals surface area contributed by atoms with Crippen molar-refractivity contribution in [2.45, 2.75) is 4.21 Å². The summed E-state index contributed by atoms with van der Waals surface area (Å²) in [6.45, 7) is 0. The van der Waals surface area contributed by atoms with E-state index < -0.39 is 15.9 Å². The highest BCUT2D eigenvalue weighted by atomic mass is 35.5. The summed E-state index contributed by atoms with van der Waals surface area (Å²) < 4.78 is 27.4. The fraction of sp³-hybridized carbons (Fsp3) is 0. The zero-order chi connectivity index (χ0) is 20.1. The maximum Gasteiger partial charge on any atom is 0.273 e. The number of carbonyl (C=O) groups is 1. The zero-order valence-electron chi connectivity index (χ0n) is 14.2. The summed E-state index contributed by atoms with van der Waals surface area (Å²) in [6.07, 6.45) is 1.23. The van der Waals surface area contributed by atoms with Crippen LogP contribution >= 0.6 is 22.9 Å². The maximum absolute atomic E-state index is 12.4. The molecule has 0 aliphatic heterocycles. The standard InChI is InChI=1S/C18H14ClN3O4S2/c19-13-7-8-16(23)12(10-13)11-20-21-18(24)14-4-1-2-5-15(14)22-28(25,26)17-6-3-9-27-17/h1-11,22-23H,(H,21,24). The number of hydrogen-bond donors (Lipinski definition) is 3. The Balaban J connectivity index is 1.78. The van der Waals surface area contributed by atoms with Crippen LogP contribution in [0.3, 0.4) is 0 Å². The minimum atomic E-state index is -3.80. The average molecular weight is 436 g/mol. The van der Waals surface area contributed by atoms with Crippen LogP contribution in [0.15, 0.2) is 69.3 Å². The summed E-state index contributed by atoms with van der Waals surface area (Å²) in [5.41, 5.74) is 2.83. The number of carbonyl (C=O) groups excluding carboxylic acids is 1. The summed E-state index contributed by atoms with van der Waals surface area (Å²) in [7, 11) is -3.80. The van der Waals surface area contributed by atoms with E-state index >= 15 is 0 Å². The van der Waals surface area contributed by atoms with Gasteiger partial charge in [0.05, 0.1) is 17.5 Å². The second-order valence-corrected chi connectivity index (χ2v) is 8.78. The summed E-state index contributed by atoms with van der Waals surface area (Å²) in [4.78, 5) is 12.4. The van der Waals surface area contributed by atoms with Crippen LogP contribution in [0.4, 0.5) is 5.69 Å². The molecule has 1 heterocycles. The number of amides is 1. The molecule has 3 rings (SSSR count). The molecule has 0 saturated heterocycles. The molecule has 0 aliphatic rings. The van der Waals surface area contributed by atoms with Crippen LogP contribution in [0.2, 0.25) is 5.02 Å². The number of para-hydroxylation sites is 1. The molecule has 0 atom stereocenters. The largest absolute Gasteiger partial charge is 0.507 e. The molecular formula is C18H14ClN3O4S2. The highest BCUT2D eigenvalue weighted by molar-refractivity contribution is 7.94. The van der Waals surface area contributed by atoms with Gasteiger partial charge in [0.2, 0.25) is 0 Å². The molecule has 0 aliphatic carbocycles. The van der Waals surface area contributed by atoms with Crippen molar-refractivity contribution >= 4 is 50.8 Å². The van der Waals surface area contributed by atoms with Gasteiger partial charge in [-0.2, -0.15) is 5.10 Å². The molecule has 10 heteroatoms. The van der Waals surface area contributed by atoms with Crippen molar-refractivity contribution in [2.24, 2.45) is 5.10 Å². The van der Waals surface area contributed by atoms with Crippen molar-refractivity contribution in [2.75, 3.05) is 4.72 Å². The van der Waals surface area contributed by atoms with E-state index in [1.165, 1.54) is 42.6 Å². The fourth-order valence-electron chi connectivity index (χ4n) is 2.23. The number of nitrogens with one attached hydrogen (secondary N) is 2. The molecular weight excluding hydrogens is 422 g/mol. The molecule has 0 radical (unpaired) electrons. The number of phenolic OH excluding ortho intramolecular Hbond substituents is 1. The van der Waals surface area contributed by atoms with Gasteiger partial charge in [-0.05, 0) is 41.8 Å². The molecule has 0 fully saturated rings. The minimum Gasteiger partial charge on any atom is -0.507 e. The third-order valence-corrected chi connectivity index (χ3v) is 6.53. The maximum atomic E-state index is 12.4. The van der Waals surface area contributed by atoms with E-state index in [-0.39, 0.29) is 21.2 Å². The van der Waals surface area contributed by atoms with Gasteiger partial charge in [-0.3, -0.25) is 9.52 Å². The predicted molar refractivity (Wildman–Crippen MR) is 110 cm³/mol.